The van der Waals surface area contributed by atoms with Gasteiger partial charge in [-0.05, 0) is 48.7 Å². The topological polar surface area (TPSA) is 146 Å². The van der Waals surface area contributed by atoms with Crippen LogP contribution >= 0.6 is 10.7 Å². The van der Waals surface area contributed by atoms with E-state index in [9.17, 15) is 36.6 Å². The Kier molecular flexibility index (Phi) is 6.34. The Morgan fingerprint density at radius 2 is 1.31 bits per heavy atom. The number of rotatable bonds is 6. The van der Waals surface area contributed by atoms with Crippen LogP contribution in [-0.4, -0.2) is 45.5 Å². The summed E-state index contributed by atoms with van der Waals surface area (Å²) in [5.41, 5.74) is -1.21. The van der Waals surface area contributed by atoms with E-state index in [-0.39, 0.29) is 6.54 Å². The molecule has 9 nitrogen and oxygen atoms in total. The number of anilines is 1. The van der Waals surface area contributed by atoms with Gasteiger partial charge in [0.1, 0.15) is 0 Å². The average Bonchev–Trinajstić information content (AvgIpc) is 2.82. The van der Waals surface area contributed by atoms with Crippen molar-refractivity contribution < 1.29 is 36.6 Å². The molecule has 2 N–H and O–H groups in total. The van der Waals surface area contributed by atoms with Gasteiger partial charge in [-0.25, -0.2) is 26.4 Å². The smallest absolute Gasteiger partial charge is 0.336 e. The van der Waals surface area contributed by atoms with Gasteiger partial charge in [0.2, 0.25) is 0 Å². The molecule has 0 aliphatic carbocycles. The van der Waals surface area contributed by atoms with Gasteiger partial charge < -0.3 is 10.2 Å². The molecule has 0 saturated heterocycles. The molecule has 0 atom stereocenters. The Hall–Kier alpha value is -3.41. The van der Waals surface area contributed by atoms with E-state index in [0.29, 0.717) is 18.5 Å². The summed E-state index contributed by atoms with van der Waals surface area (Å²) in [5.74, 6) is -3.16. The van der Waals surface area contributed by atoms with Gasteiger partial charge in [-0.3, -0.25) is 4.31 Å². The van der Waals surface area contributed by atoms with Crippen LogP contribution in [0.15, 0.2) is 70.5 Å². The number of fused-ring (bicyclic) bond motifs is 1. The van der Waals surface area contributed by atoms with Gasteiger partial charge in [0.15, 0.2) is 0 Å². The van der Waals surface area contributed by atoms with E-state index in [1.54, 1.807) is 24.3 Å². The molecule has 0 aromatic heterocycles. The summed E-state index contributed by atoms with van der Waals surface area (Å²) < 4.78 is 53.8. The standard InChI is InChI=1S/C23H18ClNO8S2/c24-34(30,31)18-11-3-8-15(22(26)27)20(18)21-16(23(28)29)9-4-12-19(21)35(32,33)25-13-5-7-14-6-1-2-10-17(14)25/h1-4,6,8-12H,5,7,13H2,(H,26,27)(H,28,29). The van der Waals surface area contributed by atoms with Gasteiger partial charge in [-0.15, -0.1) is 0 Å². The molecule has 1 aliphatic heterocycles. The zero-order chi connectivity index (χ0) is 25.5. The molecule has 182 valence electrons. The van der Waals surface area contributed by atoms with Crippen LogP contribution < -0.4 is 4.31 Å². The van der Waals surface area contributed by atoms with E-state index in [1.165, 1.54) is 6.07 Å². The minimum atomic E-state index is -4.61. The Bertz CT molecular complexity index is 1580. The van der Waals surface area contributed by atoms with Crippen molar-refractivity contribution in [2.75, 3.05) is 10.8 Å². The molecule has 0 radical (unpaired) electrons. The number of halogens is 1. The van der Waals surface area contributed by atoms with Gasteiger partial charge >= 0.3 is 11.9 Å². The zero-order valence-corrected chi connectivity index (χ0v) is 20.3. The van der Waals surface area contributed by atoms with E-state index < -0.39 is 63.1 Å². The van der Waals surface area contributed by atoms with E-state index in [1.807, 2.05) is 0 Å². The summed E-state index contributed by atoms with van der Waals surface area (Å²) in [6.07, 6.45) is 1.14. The number of aryl methyl sites for hydroxylation is 1. The van der Waals surface area contributed by atoms with Crippen LogP contribution in [0.5, 0.6) is 0 Å². The second-order valence-corrected chi connectivity index (χ2v) is 12.1. The SMILES string of the molecule is O=C(O)c1cccc(S(=O)(=O)Cl)c1-c1c(C(=O)O)cccc1S(=O)(=O)N1CCCc2ccccc21. The summed E-state index contributed by atoms with van der Waals surface area (Å²) in [5, 5.41) is 19.6. The van der Waals surface area contributed by atoms with Gasteiger partial charge in [-0.2, -0.15) is 0 Å². The van der Waals surface area contributed by atoms with Crippen molar-refractivity contribution in [2.24, 2.45) is 0 Å². The second-order valence-electron chi connectivity index (χ2n) is 7.72. The first-order valence-corrected chi connectivity index (χ1v) is 14.0. The highest BCUT2D eigenvalue weighted by atomic mass is 35.7. The third-order valence-corrected chi connectivity index (χ3v) is 8.88. The van der Waals surface area contributed by atoms with Crippen molar-refractivity contribution in [1.29, 1.82) is 0 Å². The highest BCUT2D eigenvalue weighted by molar-refractivity contribution is 8.13. The van der Waals surface area contributed by atoms with Crippen LogP contribution in [0.4, 0.5) is 5.69 Å². The first-order valence-electron chi connectivity index (χ1n) is 10.2. The summed E-state index contributed by atoms with van der Waals surface area (Å²) in [4.78, 5) is 22.9. The molecule has 0 saturated carbocycles. The number of carbonyl (C=O) groups is 2. The number of hydrogen-bond donors (Lipinski definition) is 2. The van der Waals surface area contributed by atoms with Crippen LogP contribution in [0.1, 0.15) is 32.7 Å². The molecular formula is C23H18ClNO8S2. The van der Waals surface area contributed by atoms with Gasteiger partial charge in [0.25, 0.3) is 19.1 Å². The highest BCUT2D eigenvalue weighted by Gasteiger charge is 2.36. The number of benzene rings is 3. The summed E-state index contributed by atoms with van der Waals surface area (Å²) >= 11 is 0. The predicted molar refractivity (Wildman–Crippen MR) is 128 cm³/mol. The number of aromatic carboxylic acids is 2. The number of hydrogen-bond acceptors (Lipinski definition) is 6. The van der Waals surface area contributed by atoms with E-state index in [2.05, 4.69) is 0 Å². The predicted octanol–water partition coefficient (Wildman–Crippen LogP) is 3.82. The van der Waals surface area contributed by atoms with E-state index in [4.69, 9.17) is 10.7 Å². The van der Waals surface area contributed by atoms with Crippen LogP contribution in [-0.2, 0) is 25.5 Å². The maximum Gasteiger partial charge on any atom is 0.336 e. The molecule has 3 aromatic carbocycles. The van der Waals surface area contributed by atoms with Crippen LogP contribution in [0.2, 0.25) is 0 Å². The van der Waals surface area contributed by atoms with Gasteiger partial charge in [-0.1, -0.05) is 30.3 Å². The maximum absolute atomic E-state index is 14.0. The van der Waals surface area contributed by atoms with Crippen LogP contribution in [0, 0.1) is 0 Å². The first-order chi connectivity index (χ1) is 16.4. The number of nitrogens with zero attached hydrogens (tertiary/aromatic N) is 1. The fraction of sp³-hybridized carbons (Fsp3) is 0.130. The van der Waals surface area contributed by atoms with Crippen molar-refractivity contribution in [1.82, 2.24) is 0 Å². The molecule has 0 amide bonds. The molecule has 0 fully saturated rings. The number of sulfonamides is 1. The van der Waals surface area contributed by atoms with Crippen LogP contribution in [0.3, 0.4) is 0 Å². The minimum Gasteiger partial charge on any atom is -0.478 e. The van der Waals surface area contributed by atoms with Crippen molar-refractivity contribution >= 4 is 47.4 Å². The van der Waals surface area contributed by atoms with Crippen molar-refractivity contribution in [3.63, 3.8) is 0 Å². The van der Waals surface area contributed by atoms with Crippen molar-refractivity contribution in [3.05, 3.63) is 77.4 Å². The monoisotopic (exact) mass is 535 g/mol. The first kappa shape index (κ1) is 24.7. The van der Waals surface area contributed by atoms with Crippen LogP contribution in [0.25, 0.3) is 11.1 Å². The second kappa shape index (κ2) is 8.99. The molecular weight excluding hydrogens is 518 g/mol. The molecule has 0 bridgehead atoms. The molecule has 35 heavy (non-hydrogen) atoms. The fourth-order valence-electron chi connectivity index (χ4n) is 4.22. The van der Waals surface area contributed by atoms with Crippen molar-refractivity contribution in [3.8, 4) is 11.1 Å². The largest absolute Gasteiger partial charge is 0.478 e. The molecule has 4 rings (SSSR count). The Morgan fingerprint density at radius 1 is 0.771 bits per heavy atom. The fourth-order valence-corrected chi connectivity index (χ4v) is 7.07. The normalized spacial score (nSPS) is 13.8. The lowest BCUT2D eigenvalue weighted by Gasteiger charge is -2.31. The number of para-hydroxylation sites is 1. The quantitative estimate of drug-likeness (QED) is 0.453. The third kappa shape index (κ3) is 4.38. The maximum atomic E-state index is 14.0. The van der Waals surface area contributed by atoms with E-state index >= 15 is 0 Å². The van der Waals surface area contributed by atoms with Gasteiger partial charge in [0, 0.05) is 28.4 Å². The van der Waals surface area contributed by atoms with Gasteiger partial charge in [0.05, 0.1) is 26.6 Å². The lowest BCUT2D eigenvalue weighted by atomic mass is 9.95. The number of carboxylic acid groups (broad SMARTS) is 2. The summed E-state index contributed by atoms with van der Waals surface area (Å²) in [6, 6.07) is 13.4. The molecule has 0 unspecified atom stereocenters. The lowest BCUT2D eigenvalue weighted by Crippen LogP contribution is -2.36. The highest BCUT2D eigenvalue weighted by Crippen LogP contribution is 2.41. The summed E-state index contributed by atoms with van der Waals surface area (Å²) in [6.45, 7) is 0.0946. The Balaban J connectivity index is 2.13. The molecule has 1 heterocycles. The minimum absolute atomic E-state index is 0.0946. The average molecular weight is 536 g/mol. The molecule has 12 heteroatoms. The Labute approximate surface area is 205 Å². The van der Waals surface area contributed by atoms with Crippen molar-refractivity contribution in [2.45, 2.75) is 22.6 Å². The van der Waals surface area contributed by atoms with E-state index in [0.717, 1.165) is 40.2 Å². The zero-order valence-electron chi connectivity index (χ0n) is 17.9. The number of carboxylic acids is 2. The molecule has 3 aromatic rings. The molecule has 1 aliphatic rings. The third-order valence-electron chi connectivity index (χ3n) is 5.66. The lowest BCUT2D eigenvalue weighted by molar-refractivity contribution is 0.0684. The summed E-state index contributed by atoms with van der Waals surface area (Å²) in [7, 11) is -3.51. The Morgan fingerprint density at radius 3 is 1.89 bits per heavy atom. The molecule has 0 spiro atoms.